The Hall–Kier alpha value is -0.710. The molecule has 1 N–H and O–H groups in total. The van der Waals surface area contributed by atoms with Crippen LogP contribution in [0.25, 0.3) is 0 Å². The molecule has 0 spiro atoms. The largest absolute Gasteiger partial charge is 0.344 e. The number of carbonyl (C=O) groups excluding carboxylic acids is 2. The van der Waals surface area contributed by atoms with Gasteiger partial charge in [-0.3, -0.25) is 9.59 Å². The molecule has 3 aliphatic rings. The second-order valence-electron chi connectivity index (χ2n) is 6.33. The molecule has 1 atom stereocenters. The van der Waals surface area contributed by atoms with E-state index in [2.05, 4.69) is 11.6 Å². The zero-order chi connectivity index (χ0) is 14.1. The van der Waals surface area contributed by atoms with Gasteiger partial charge in [0.05, 0.1) is 0 Å². The highest BCUT2D eigenvalue weighted by Gasteiger charge is 2.42. The Morgan fingerprint density at radius 1 is 1.10 bits per heavy atom. The van der Waals surface area contributed by atoms with E-state index in [1.54, 1.807) is 0 Å². The molecule has 2 saturated carbocycles. The first-order valence-corrected chi connectivity index (χ1v) is 9.10. The summed E-state index contributed by atoms with van der Waals surface area (Å²) in [6.07, 6.45) is 9.42. The minimum atomic E-state index is -0.233. The van der Waals surface area contributed by atoms with Gasteiger partial charge >= 0.3 is 0 Å². The molecule has 4 nitrogen and oxygen atoms in total. The van der Waals surface area contributed by atoms with Crippen molar-refractivity contribution in [2.24, 2.45) is 5.92 Å². The molecule has 2 aliphatic carbocycles. The van der Waals surface area contributed by atoms with Gasteiger partial charge in [-0.2, -0.15) is 11.8 Å². The lowest BCUT2D eigenvalue weighted by atomic mass is 9.93. The van der Waals surface area contributed by atoms with Crippen LogP contribution in [-0.4, -0.2) is 46.8 Å². The lowest BCUT2D eigenvalue weighted by molar-refractivity contribution is -0.136. The average Bonchev–Trinajstić information content (AvgIpc) is 3.29. The van der Waals surface area contributed by atoms with Gasteiger partial charge < -0.3 is 10.2 Å². The van der Waals surface area contributed by atoms with Crippen LogP contribution in [0.4, 0.5) is 0 Å². The van der Waals surface area contributed by atoms with Crippen LogP contribution in [0, 0.1) is 5.92 Å². The van der Waals surface area contributed by atoms with E-state index in [1.807, 2.05) is 16.7 Å². The number of thioether (sulfide) groups is 1. The fourth-order valence-corrected chi connectivity index (χ4v) is 4.27. The van der Waals surface area contributed by atoms with Gasteiger partial charge in [-0.05, 0) is 50.7 Å². The van der Waals surface area contributed by atoms with Crippen molar-refractivity contribution in [3.63, 3.8) is 0 Å². The summed E-state index contributed by atoms with van der Waals surface area (Å²) in [5, 5.41) is 3.70. The van der Waals surface area contributed by atoms with E-state index in [0.717, 1.165) is 30.9 Å². The molecule has 112 valence electrons. The standard InChI is InChI=1S/C15H24N2O2S/c1-20-12-6-4-11(5-7-12)17-9-8-13(18)16-14(15(17)19)10-2-3-10/h10-12,14H,2-9H2,1H3,(H,16,18). The first-order chi connectivity index (χ1) is 9.69. The summed E-state index contributed by atoms with van der Waals surface area (Å²) in [6.45, 7) is 0.614. The molecule has 2 amide bonds. The Morgan fingerprint density at radius 3 is 2.40 bits per heavy atom. The molecule has 5 heteroatoms. The van der Waals surface area contributed by atoms with Crippen molar-refractivity contribution in [1.29, 1.82) is 0 Å². The van der Waals surface area contributed by atoms with Crippen LogP contribution in [0.5, 0.6) is 0 Å². The van der Waals surface area contributed by atoms with Crippen molar-refractivity contribution < 1.29 is 9.59 Å². The molecule has 1 saturated heterocycles. The van der Waals surface area contributed by atoms with Gasteiger partial charge in [-0.1, -0.05) is 0 Å². The molecule has 0 aromatic heterocycles. The molecule has 0 aromatic rings. The summed E-state index contributed by atoms with van der Waals surface area (Å²) < 4.78 is 0. The maximum atomic E-state index is 12.7. The van der Waals surface area contributed by atoms with Gasteiger partial charge in [0.15, 0.2) is 0 Å². The third kappa shape index (κ3) is 2.97. The van der Waals surface area contributed by atoms with Crippen molar-refractivity contribution in [2.75, 3.05) is 12.8 Å². The second kappa shape index (κ2) is 5.96. The van der Waals surface area contributed by atoms with Gasteiger partial charge in [0.2, 0.25) is 11.8 Å². The number of rotatable bonds is 3. The van der Waals surface area contributed by atoms with E-state index in [-0.39, 0.29) is 17.9 Å². The highest BCUT2D eigenvalue weighted by molar-refractivity contribution is 7.99. The fraction of sp³-hybridized carbons (Fsp3) is 0.867. The first kappa shape index (κ1) is 14.2. The molecule has 1 aliphatic heterocycles. The summed E-state index contributed by atoms with van der Waals surface area (Å²) in [5.74, 6) is 0.635. The van der Waals surface area contributed by atoms with Crippen LogP contribution in [0.2, 0.25) is 0 Å². The Morgan fingerprint density at radius 2 is 1.80 bits per heavy atom. The van der Waals surface area contributed by atoms with E-state index in [1.165, 1.54) is 12.8 Å². The topological polar surface area (TPSA) is 49.4 Å². The Balaban J connectivity index is 1.67. The molecular formula is C15H24N2O2S. The summed E-state index contributed by atoms with van der Waals surface area (Å²) >= 11 is 1.95. The normalized spacial score (nSPS) is 35.6. The number of nitrogens with zero attached hydrogens (tertiary/aromatic N) is 1. The third-order valence-electron chi connectivity index (χ3n) is 4.96. The fourth-order valence-electron chi connectivity index (χ4n) is 3.52. The monoisotopic (exact) mass is 296 g/mol. The summed E-state index contributed by atoms with van der Waals surface area (Å²) in [6, 6.07) is 0.128. The quantitative estimate of drug-likeness (QED) is 0.864. The SMILES string of the molecule is CSC1CCC(N2CCC(=O)NC(C3CC3)C2=O)CC1. The van der Waals surface area contributed by atoms with E-state index in [4.69, 9.17) is 0 Å². The zero-order valence-electron chi connectivity index (χ0n) is 12.1. The predicted octanol–water partition coefficient (Wildman–Crippen LogP) is 1.79. The highest BCUT2D eigenvalue weighted by atomic mass is 32.2. The van der Waals surface area contributed by atoms with Crippen molar-refractivity contribution in [1.82, 2.24) is 10.2 Å². The van der Waals surface area contributed by atoms with E-state index >= 15 is 0 Å². The average molecular weight is 296 g/mol. The Bertz CT molecular complexity index is 389. The van der Waals surface area contributed by atoms with Gasteiger partial charge in [-0.25, -0.2) is 0 Å². The summed E-state index contributed by atoms with van der Waals surface area (Å²) in [5.41, 5.74) is 0. The molecule has 1 heterocycles. The first-order valence-electron chi connectivity index (χ1n) is 7.81. The number of carbonyl (C=O) groups is 2. The van der Waals surface area contributed by atoms with Crippen molar-refractivity contribution in [2.45, 2.75) is 62.3 Å². The Labute approximate surface area is 125 Å². The molecular weight excluding hydrogens is 272 g/mol. The number of nitrogens with one attached hydrogen (secondary N) is 1. The van der Waals surface area contributed by atoms with Crippen molar-refractivity contribution in [3.05, 3.63) is 0 Å². The van der Waals surface area contributed by atoms with Crippen LogP contribution >= 0.6 is 11.8 Å². The van der Waals surface area contributed by atoms with Gasteiger partial charge in [-0.15, -0.1) is 0 Å². The second-order valence-corrected chi connectivity index (χ2v) is 7.47. The van der Waals surface area contributed by atoms with Gasteiger partial charge in [0.25, 0.3) is 0 Å². The number of hydrogen-bond donors (Lipinski definition) is 1. The van der Waals surface area contributed by atoms with Crippen LogP contribution in [0.3, 0.4) is 0 Å². The van der Waals surface area contributed by atoms with Crippen LogP contribution in [-0.2, 0) is 9.59 Å². The highest BCUT2D eigenvalue weighted by Crippen LogP contribution is 2.36. The molecule has 3 rings (SSSR count). The summed E-state index contributed by atoms with van der Waals surface area (Å²) in [7, 11) is 0. The lowest BCUT2D eigenvalue weighted by Crippen LogP contribution is -2.50. The molecule has 3 fully saturated rings. The smallest absolute Gasteiger partial charge is 0.245 e. The maximum Gasteiger partial charge on any atom is 0.245 e. The predicted molar refractivity (Wildman–Crippen MR) is 80.5 cm³/mol. The third-order valence-corrected chi connectivity index (χ3v) is 6.09. The molecule has 0 aromatic carbocycles. The number of amides is 2. The van der Waals surface area contributed by atoms with E-state index in [0.29, 0.717) is 24.9 Å². The van der Waals surface area contributed by atoms with E-state index in [9.17, 15) is 9.59 Å². The van der Waals surface area contributed by atoms with Crippen LogP contribution < -0.4 is 5.32 Å². The number of hydrogen-bond acceptors (Lipinski definition) is 3. The molecule has 1 unspecified atom stereocenters. The van der Waals surface area contributed by atoms with Gasteiger partial charge in [0.1, 0.15) is 6.04 Å². The minimum Gasteiger partial charge on any atom is -0.344 e. The molecule has 20 heavy (non-hydrogen) atoms. The maximum absolute atomic E-state index is 12.7. The van der Waals surface area contributed by atoms with Crippen LogP contribution in [0.1, 0.15) is 44.9 Å². The summed E-state index contributed by atoms with van der Waals surface area (Å²) in [4.78, 5) is 26.6. The van der Waals surface area contributed by atoms with Crippen molar-refractivity contribution >= 4 is 23.6 Å². The molecule has 0 bridgehead atoms. The van der Waals surface area contributed by atoms with E-state index < -0.39 is 0 Å². The molecule has 0 radical (unpaired) electrons. The minimum absolute atomic E-state index is 0.0514. The zero-order valence-corrected chi connectivity index (χ0v) is 13.0. The lowest BCUT2D eigenvalue weighted by Gasteiger charge is -2.37. The Kier molecular flexibility index (Phi) is 4.24. The van der Waals surface area contributed by atoms with Crippen LogP contribution in [0.15, 0.2) is 0 Å². The van der Waals surface area contributed by atoms with Crippen molar-refractivity contribution in [3.8, 4) is 0 Å². The van der Waals surface area contributed by atoms with Gasteiger partial charge in [0, 0.05) is 24.3 Å².